The Morgan fingerprint density at radius 1 is 1.05 bits per heavy atom. The number of aromatic nitrogens is 2. The Morgan fingerprint density at radius 3 is 2.56 bits per heavy atom. The van der Waals surface area contributed by atoms with Crippen LogP contribution in [-0.4, -0.2) is 90.4 Å². The normalized spacial score (nSPS) is 19.3. The highest BCUT2D eigenvalue weighted by molar-refractivity contribution is 5.91. The lowest BCUT2D eigenvalue weighted by atomic mass is 9.95. The Balaban J connectivity index is 1.32. The van der Waals surface area contributed by atoms with E-state index in [1.165, 1.54) is 0 Å². The highest BCUT2D eigenvalue weighted by Gasteiger charge is 2.33. The Kier molecular flexibility index (Phi) is 8.01. The van der Waals surface area contributed by atoms with Gasteiger partial charge in [0.15, 0.2) is 0 Å². The summed E-state index contributed by atoms with van der Waals surface area (Å²) >= 11 is 0. The highest BCUT2D eigenvalue weighted by Crippen LogP contribution is 2.38. The molecule has 0 spiro atoms. The molecule has 1 aromatic carbocycles. The number of hydrogen-bond acceptors (Lipinski definition) is 9. The molecule has 2 fully saturated rings. The number of ether oxygens (including phenoxy) is 2. The second kappa shape index (κ2) is 11.9. The van der Waals surface area contributed by atoms with E-state index in [2.05, 4.69) is 44.9 Å². The topological polar surface area (TPSA) is 98.1 Å². The summed E-state index contributed by atoms with van der Waals surface area (Å²) in [5, 5.41) is 11.6. The number of fused-ring (bicyclic) bond motifs is 2. The van der Waals surface area contributed by atoms with Crippen LogP contribution in [0.1, 0.15) is 50.3 Å². The lowest BCUT2D eigenvalue weighted by Gasteiger charge is -2.39. The van der Waals surface area contributed by atoms with Crippen LogP contribution in [0.2, 0.25) is 0 Å². The molecule has 0 aliphatic carbocycles. The van der Waals surface area contributed by atoms with Crippen molar-refractivity contribution in [2.24, 2.45) is 0 Å². The molecule has 2 aromatic heterocycles. The van der Waals surface area contributed by atoms with Crippen LogP contribution in [0.15, 0.2) is 36.5 Å². The Labute approximate surface area is 253 Å². The average molecular weight is 584 g/mol. The number of likely N-dealkylation sites (tertiary alicyclic amines) is 1. The number of nitrogens with zero attached hydrogens (tertiary/aromatic N) is 7. The van der Waals surface area contributed by atoms with E-state index < -0.39 is 5.60 Å². The zero-order chi connectivity index (χ0) is 30.1. The number of pyridine rings is 2. The number of para-hydroxylation sites is 1. The monoisotopic (exact) mass is 583 g/mol. The zero-order valence-corrected chi connectivity index (χ0v) is 25.7. The number of anilines is 2. The van der Waals surface area contributed by atoms with Crippen LogP contribution in [0, 0.1) is 11.3 Å². The predicted molar refractivity (Wildman–Crippen MR) is 167 cm³/mol. The standard InChI is InChI=1S/C33H41N7O3/c1-33(2,3)43-32(41)39-18-16-38(17-19-39)30-24-12-15-40(29-11-13-35-28-10-6-5-9-25(28)29)21-27(24)26(20-34)31(36-30)42-22-23-8-7-14-37(23)4/h5-6,9-11,13,23H,7-8,12,14-19,21-22H2,1-4H3/t23-/m0/s1. The van der Waals surface area contributed by atoms with Crippen LogP contribution >= 0.6 is 0 Å². The fourth-order valence-corrected chi connectivity index (χ4v) is 6.42. The molecule has 0 saturated carbocycles. The molecule has 3 aliphatic rings. The molecule has 1 atom stereocenters. The molecule has 10 nitrogen and oxygen atoms in total. The Morgan fingerprint density at radius 2 is 1.84 bits per heavy atom. The summed E-state index contributed by atoms with van der Waals surface area (Å²) < 4.78 is 12.0. The van der Waals surface area contributed by atoms with Crippen LogP contribution in [0.5, 0.6) is 5.88 Å². The second-order valence-corrected chi connectivity index (χ2v) is 12.7. The fourth-order valence-electron chi connectivity index (χ4n) is 6.42. The van der Waals surface area contributed by atoms with Gasteiger partial charge in [0.05, 0.1) is 5.52 Å². The quantitative estimate of drug-likeness (QED) is 0.427. The van der Waals surface area contributed by atoms with Gasteiger partial charge in [-0.1, -0.05) is 18.2 Å². The summed E-state index contributed by atoms with van der Waals surface area (Å²) in [5.74, 6) is 1.28. The molecule has 226 valence electrons. The van der Waals surface area contributed by atoms with Crippen molar-refractivity contribution in [1.82, 2.24) is 19.8 Å². The minimum Gasteiger partial charge on any atom is -0.475 e. The predicted octanol–water partition coefficient (Wildman–Crippen LogP) is 4.59. The van der Waals surface area contributed by atoms with Crippen molar-refractivity contribution in [3.8, 4) is 11.9 Å². The van der Waals surface area contributed by atoms with Crippen molar-refractivity contribution in [1.29, 1.82) is 5.26 Å². The van der Waals surface area contributed by atoms with Gasteiger partial charge in [-0.2, -0.15) is 10.2 Å². The van der Waals surface area contributed by atoms with Crippen molar-refractivity contribution in [2.45, 2.75) is 58.2 Å². The van der Waals surface area contributed by atoms with Crippen molar-refractivity contribution < 1.29 is 14.3 Å². The van der Waals surface area contributed by atoms with Crippen molar-refractivity contribution in [2.75, 3.05) is 62.7 Å². The molecule has 3 aliphatic heterocycles. The molecule has 6 rings (SSSR count). The van der Waals surface area contributed by atoms with Crippen molar-refractivity contribution >= 4 is 28.5 Å². The molecule has 0 unspecified atom stereocenters. The SMILES string of the molecule is CN1CCC[C@H]1COc1nc(N2CCN(C(=O)OC(C)(C)C)CC2)c2c(c1C#N)CN(c1ccnc3ccccc13)CC2. The molecule has 2 saturated heterocycles. The largest absolute Gasteiger partial charge is 0.475 e. The highest BCUT2D eigenvalue weighted by atomic mass is 16.6. The van der Waals surface area contributed by atoms with Crippen LogP contribution in [0.25, 0.3) is 10.9 Å². The maximum atomic E-state index is 12.7. The van der Waals surface area contributed by atoms with E-state index in [4.69, 9.17) is 14.5 Å². The molecular weight excluding hydrogens is 542 g/mol. The number of nitriles is 1. The molecule has 43 heavy (non-hydrogen) atoms. The summed E-state index contributed by atoms with van der Waals surface area (Å²) in [4.78, 5) is 31.0. The minimum absolute atomic E-state index is 0.285. The molecule has 10 heteroatoms. The van der Waals surface area contributed by atoms with Gasteiger partial charge in [-0.3, -0.25) is 4.98 Å². The van der Waals surface area contributed by atoms with Gasteiger partial charge in [0.1, 0.15) is 29.7 Å². The average Bonchev–Trinajstić information content (AvgIpc) is 3.42. The number of carbonyl (C=O) groups is 1. The van der Waals surface area contributed by atoms with E-state index in [0.29, 0.717) is 56.8 Å². The molecular formula is C33H41N7O3. The van der Waals surface area contributed by atoms with Crippen LogP contribution in [-0.2, 0) is 17.7 Å². The number of piperazine rings is 1. The smallest absolute Gasteiger partial charge is 0.410 e. The number of hydrogen-bond donors (Lipinski definition) is 0. The number of likely N-dealkylation sites (N-methyl/N-ethyl adjacent to an activating group) is 1. The lowest BCUT2D eigenvalue weighted by Crippen LogP contribution is -2.50. The third kappa shape index (κ3) is 6.04. The second-order valence-electron chi connectivity index (χ2n) is 12.7. The van der Waals surface area contributed by atoms with Gasteiger partial charge in [0, 0.05) is 73.7 Å². The van der Waals surface area contributed by atoms with E-state index in [0.717, 1.165) is 65.9 Å². The van der Waals surface area contributed by atoms with Gasteiger partial charge in [-0.05, 0) is 65.8 Å². The third-order valence-electron chi connectivity index (χ3n) is 8.73. The number of amides is 1. The van der Waals surface area contributed by atoms with E-state index in [-0.39, 0.29) is 6.09 Å². The molecule has 3 aromatic rings. The first-order valence-corrected chi connectivity index (χ1v) is 15.3. The van der Waals surface area contributed by atoms with Gasteiger partial charge in [0.25, 0.3) is 0 Å². The van der Waals surface area contributed by atoms with Crippen LogP contribution in [0.4, 0.5) is 16.3 Å². The maximum absolute atomic E-state index is 12.7. The summed E-state index contributed by atoms with van der Waals surface area (Å²) in [7, 11) is 2.12. The minimum atomic E-state index is -0.534. The first-order chi connectivity index (χ1) is 20.7. The molecule has 1 amide bonds. The van der Waals surface area contributed by atoms with E-state index >= 15 is 0 Å². The van der Waals surface area contributed by atoms with Crippen molar-refractivity contribution in [3.63, 3.8) is 0 Å². The van der Waals surface area contributed by atoms with Gasteiger partial charge < -0.3 is 29.1 Å². The summed E-state index contributed by atoms with van der Waals surface area (Å²) in [6, 6.07) is 13.0. The van der Waals surface area contributed by atoms with Gasteiger partial charge >= 0.3 is 6.09 Å². The molecule has 0 bridgehead atoms. The van der Waals surface area contributed by atoms with Gasteiger partial charge in [-0.15, -0.1) is 0 Å². The maximum Gasteiger partial charge on any atom is 0.410 e. The van der Waals surface area contributed by atoms with Crippen LogP contribution < -0.4 is 14.5 Å². The lowest BCUT2D eigenvalue weighted by molar-refractivity contribution is 0.0240. The van der Waals surface area contributed by atoms with E-state index in [9.17, 15) is 10.1 Å². The first-order valence-electron chi connectivity index (χ1n) is 15.3. The molecule has 0 N–H and O–H groups in total. The van der Waals surface area contributed by atoms with Gasteiger partial charge in [0.2, 0.25) is 5.88 Å². The molecule has 0 radical (unpaired) electrons. The van der Waals surface area contributed by atoms with Gasteiger partial charge in [-0.25, -0.2) is 4.79 Å². The van der Waals surface area contributed by atoms with Crippen LogP contribution in [0.3, 0.4) is 0 Å². The van der Waals surface area contributed by atoms with E-state index in [1.54, 1.807) is 4.90 Å². The summed E-state index contributed by atoms with van der Waals surface area (Å²) in [6.07, 6.45) is 4.54. The summed E-state index contributed by atoms with van der Waals surface area (Å²) in [5.41, 5.74) is 4.13. The number of benzene rings is 1. The zero-order valence-electron chi connectivity index (χ0n) is 25.7. The van der Waals surface area contributed by atoms with Crippen molar-refractivity contribution in [3.05, 3.63) is 53.2 Å². The number of rotatable bonds is 5. The molecule has 5 heterocycles. The number of carbonyl (C=O) groups excluding carboxylic acids is 1. The third-order valence-corrected chi connectivity index (χ3v) is 8.73. The Bertz CT molecular complexity index is 1530. The first kappa shape index (κ1) is 29.0. The fraction of sp³-hybridized carbons (Fsp3) is 0.515. The van der Waals surface area contributed by atoms with E-state index in [1.807, 2.05) is 45.2 Å². The Hall–Kier alpha value is -4.10. The summed E-state index contributed by atoms with van der Waals surface area (Å²) in [6.45, 7) is 10.9.